The van der Waals surface area contributed by atoms with E-state index in [-0.39, 0.29) is 5.91 Å². The third kappa shape index (κ3) is 3.82. The lowest BCUT2D eigenvalue weighted by molar-refractivity contribution is -0.122. The summed E-state index contributed by atoms with van der Waals surface area (Å²) in [6, 6.07) is 0.388. The molecule has 3 nitrogen and oxygen atoms in total. The van der Waals surface area contributed by atoms with Gasteiger partial charge >= 0.3 is 0 Å². The molecule has 3 unspecified atom stereocenters. The molecule has 1 aliphatic carbocycles. The van der Waals surface area contributed by atoms with Crippen LogP contribution in [-0.4, -0.2) is 18.5 Å². The van der Waals surface area contributed by atoms with Gasteiger partial charge in [-0.2, -0.15) is 0 Å². The number of amides is 1. The van der Waals surface area contributed by atoms with Gasteiger partial charge in [0.15, 0.2) is 0 Å². The zero-order chi connectivity index (χ0) is 11.3. The van der Waals surface area contributed by atoms with Crippen molar-refractivity contribution in [2.45, 2.75) is 52.0 Å². The minimum atomic E-state index is 0.173. The topological polar surface area (TPSA) is 55.1 Å². The number of carbonyl (C=O) groups is 1. The van der Waals surface area contributed by atoms with E-state index >= 15 is 0 Å². The molecule has 0 aliphatic heterocycles. The highest BCUT2D eigenvalue weighted by Gasteiger charge is 2.27. The highest BCUT2D eigenvalue weighted by Crippen LogP contribution is 2.29. The molecule has 3 N–H and O–H groups in total. The van der Waals surface area contributed by atoms with Gasteiger partial charge in [-0.25, -0.2) is 0 Å². The predicted octanol–water partition coefficient (Wildman–Crippen LogP) is 1.67. The van der Waals surface area contributed by atoms with E-state index in [4.69, 9.17) is 5.73 Å². The molecule has 3 heteroatoms. The first-order valence-electron chi connectivity index (χ1n) is 6.14. The maximum absolute atomic E-state index is 11.6. The van der Waals surface area contributed by atoms with Crippen molar-refractivity contribution >= 4 is 5.91 Å². The average molecular weight is 212 g/mol. The molecule has 88 valence electrons. The molecule has 0 bridgehead atoms. The molecule has 1 rings (SSSR count). The fraction of sp³-hybridized carbons (Fsp3) is 0.917. The third-order valence-electron chi connectivity index (χ3n) is 3.66. The lowest BCUT2D eigenvalue weighted by atomic mass is 9.78. The van der Waals surface area contributed by atoms with Gasteiger partial charge < -0.3 is 11.1 Å². The molecule has 3 atom stereocenters. The third-order valence-corrected chi connectivity index (χ3v) is 3.66. The van der Waals surface area contributed by atoms with Crippen LogP contribution in [0, 0.1) is 11.8 Å². The van der Waals surface area contributed by atoms with Crippen molar-refractivity contribution in [3.63, 3.8) is 0 Å². The van der Waals surface area contributed by atoms with Crippen LogP contribution >= 0.6 is 0 Å². The molecule has 0 radical (unpaired) electrons. The normalized spacial score (nSPS) is 31.3. The molecule has 15 heavy (non-hydrogen) atoms. The van der Waals surface area contributed by atoms with Crippen molar-refractivity contribution in [1.29, 1.82) is 0 Å². The van der Waals surface area contributed by atoms with Gasteiger partial charge in [0.05, 0.1) is 0 Å². The fourth-order valence-corrected chi connectivity index (χ4v) is 2.33. The molecule has 1 aliphatic rings. The van der Waals surface area contributed by atoms with E-state index in [1.807, 2.05) is 0 Å². The van der Waals surface area contributed by atoms with Gasteiger partial charge in [0.1, 0.15) is 0 Å². The summed E-state index contributed by atoms with van der Waals surface area (Å²) in [6.07, 6.45) is 5.06. The molecule has 0 saturated heterocycles. The highest BCUT2D eigenvalue weighted by atomic mass is 16.1. The minimum absolute atomic E-state index is 0.173. The zero-order valence-corrected chi connectivity index (χ0v) is 9.96. The minimum Gasteiger partial charge on any atom is -0.353 e. The van der Waals surface area contributed by atoms with Gasteiger partial charge in [-0.15, -0.1) is 0 Å². The Labute approximate surface area is 92.8 Å². The Hall–Kier alpha value is -0.570. The molecule has 0 heterocycles. The Kier molecular flexibility index (Phi) is 5.09. The molecule has 1 fully saturated rings. The number of nitrogens with two attached hydrogens (primary N) is 1. The van der Waals surface area contributed by atoms with Gasteiger partial charge in [0, 0.05) is 12.5 Å². The van der Waals surface area contributed by atoms with Crippen LogP contribution in [0.4, 0.5) is 0 Å². The summed E-state index contributed by atoms with van der Waals surface area (Å²) in [5.41, 5.74) is 5.38. The summed E-state index contributed by atoms with van der Waals surface area (Å²) in [4.78, 5) is 11.6. The van der Waals surface area contributed by atoms with Crippen LogP contribution < -0.4 is 11.1 Å². The first-order valence-corrected chi connectivity index (χ1v) is 6.14. The molecule has 1 amide bonds. The van der Waals surface area contributed by atoms with E-state index in [9.17, 15) is 4.79 Å². The summed E-state index contributed by atoms with van der Waals surface area (Å²) in [5, 5.41) is 3.14. The van der Waals surface area contributed by atoms with Crippen LogP contribution in [0.3, 0.4) is 0 Å². The quantitative estimate of drug-likeness (QED) is 0.744. The van der Waals surface area contributed by atoms with Crippen molar-refractivity contribution in [1.82, 2.24) is 5.32 Å². The molecule has 0 aromatic rings. The zero-order valence-electron chi connectivity index (χ0n) is 9.96. The Morgan fingerprint density at radius 3 is 2.80 bits per heavy atom. The van der Waals surface area contributed by atoms with Gasteiger partial charge in [-0.3, -0.25) is 4.79 Å². The van der Waals surface area contributed by atoms with Crippen LogP contribution in [-0.2, 0) is 4.79 Å². The van der Waals surface area contributed by atoms with Gasteiger partial charge in [0.25, 0.3) is 0 Å². The van der Waals surface area contributed by atoms with Crippen LogP contribution in [0.1, 0.15) is 46.0 Å². The number of nitrogens with one attached hydrogen (secondary N) is 1. The highest BCUT2D eigenvalue weighted by molar-refractivity contribution is 5.76. The van der Waals surface area contributed by atoms with E-state index < -0.39 is 0 Å². The average Bonchev–Trinajstić information content (AvgIpc) is 2.22. The van der Waals surface area contributed by atoms with Crippen LogP contribution in [0.5, 0.6) is 0 Å². The van der Waals surface area contributed by atoms with E-state index in [0.29, 0.717) is 24.9 Å². The van der Waals surface area contributed by atoms with Crippen molar-refractivity contribution < 1.29 is 4.79 Å². The molecule has 1 saturated carbocycles. The molecule has 0 spiro atoms. The Morgan fingerprint density at radius 1 is 1.40 bits per heavy atom. The lowest BCUT2D eigenvalue weighted by Crippen LogP contribution is -2.43. The predicted molar refractivity (Wildman–Crippen MR) is 62.4 cm³/mol. The standard InChI is InChI=1S/C12H24N2O/c1-9-5-3-6-11(10(9)2)14-12(15)7-4-8-13/h9-11H,3-8,13H2,1-2H3,(H,14,15). The van der Waals surface area contributed by atoms with E-state index in [1.165, 1.54) is 12.8 Å². The largest absolute Gasteiger partial charge is 0.353 e. The summed E-state index contributed by atoms with van der Waals surface area (Å²) < 4.78 is 0. The fourth-order valence-electron chi connectivity index (χ4n) is 2.33. The Bertz CT molecular complexity index is 206. The number of hydrogen-bond donors (Lipinski definition) is 2. The second kappa shape index (κ2) is 6.11. The number of rotatable bonds is 4. The summed E-state index contributed by atoms with van der Waals surface area (Å²) >= 11 is 0. The summed E-state index contributed by atoms with van der Waals surface area (Å²) in [5.74, 6) is 1.52. The summed E-state index contributed by atoms with van der Waals surface area (Å²) in [7, 11) is 0. The molecular formula is C12H24N2O. The maximum atomic E-state index is 11.6. The van der Waals surface area contributed by atoms with Gasteiger partial charge in [0.2, 0.25) is 5.91 Å². The first kappa shape index (κ1) is 12.5. The van der Waals surface area contributed by atoms with Crippen LogP contribution in [0.25, 0.3) is 0 Å². The van der Waals surface area contributed by atoms with Gasteiger partial charge in [-0.1, -0.05) is 26.7 Å². The van der Waals surface area contributed by atoms with Crippen LogP contribution in [0.2, 0.25) is 0 Å². The lowest BCUT2D eigenvalue weighted by Gasteiger charge is -2.34. The van der Waals surface area contributed by atoms with Crippen molar-refractivity contribution in [2.24, 2.45) is 17.6 Å². The van der Waals surface area contributed by atoms with E-state index in [1.54, 1.807) is 0 Å². The van der Waals surface area contributed by atoms with Crippen LogP contribution in [0.15, 0.2) is 0 Å². The number of hydrogen-bond acceptors (Lipinski definition) is 2. The molecule has 0 aromatic carbocycles. The first-order chi connectivity index (χ1) is 7.15. The van der Waals surface area contributed by atoms with Crippen molar-refractivity contribution in [2.75, 3.05) is 6.54 Å². The Morgan fingerprint density at radius 2 is 2.13 bits per heavy atom. The second-order valence-corrected chi connectivity index (χ2v) is 4.83. The maximum Gasteiger partial charge on any atom is 0.220 e. The SMILES string of the molecule is CC1CCCC(NC(=O)CCCN)C1C. The van der Waals surface area contributed by atoms with Gasteiger partial charge in [-0.05, 0) is 31.2 Å². The molecular weight excluding hydrogens is 188 g/mol. The number of carbonyl (C=O) groups excluding carboxylic acids is 1. The summed E-state index contributed by atoms with van der Waals surface area (Å²) in [6.45, 7) is 5.13. The molecule has 0 aromatic heterocycles. The smallest absolute Gasteiger partial charge is 0.220 e. The van der Waals surface area contributed by atoms with Crippen molar-refractivity contribution in [3.8, 4) is 0 Å². The van der Waals surface area contributed by atoms with E-state index in [0.717, 1.165) is 18.8 Å². The second-order valence-electron chi connectivity index (χ2n) is 4.83. The monoisotopic (exact) mass is 212 g/mol. The van der Waals surface area contributed by atoms with Crippen molar-refractivity contribution in [3.05, 3.63) is 0 Å². The Balaban J connectivity index is 2.33. The van der Waals surface area contributed by atoms with E-state index in [2.05, 4.69) is 19.2 Å².